The van der Waals surface area contributed by atoms with Crippen LogP contribution in [0, 0.1) is 11.3 Å². The van der Waals surface area contributed by atoms with Gasteiger partial charge in [0.05, 0.1) is 30.6 Å². The lowest BCUT2D eigenvalue weighted by atomic mass is 10.1. The Morgan fingerprint density at radius 3 is 2.92 bits per heavy atom. The van der Waals surface area contributed by atoms with E-state index in [2.05, 4.69) is 69.6 Å². The lowest BCUT2D eigenvalue weighted by molar-refractivity contribution is 0.345. The fourth-order valence-electron chi connectivity index (χ4n) is 2.80. The predicted molar refractivity (Wildman–Crippen MR) is 101 cm³/mol. The first-order chi connectivity index (χ1) is 12.7. The van der Waals surface area contributed by atoms with Gasteiger partial charge in [-0.05, 0) is 24.7 Å². The molecule has 0 unspecified atom stereocenters. The highest BCUT2D eigenvalue weighted by Gasteiger charge is 2.09. The van der Waals surface area contributed by atoms with Gasteiger partial charge in [0, 0.05) is 13.1 Å². The number of anilines is 1. The number of nitrogens with zero attached hydrogens (tertiary/aromatic N) is 6. The first-order valence-electron chi connectivity index (χ1n) is 8.75. The van der Waals surface area contributed by atoms with E-state index in [0.717, 1.165) is 29.9 Å². The number of fused-ring (bicyclic) bond motifs is 1. The van der Waals surface area contributed by atoms with E-state index in [-0.39, 0.29) is 0 Å². The maximum atomic E-state index is 8.76. The molecule has 7 nitrogen and oxygen atoms in total. The highest BCUT2D eigenvalue weighted by molar-refractivity contribution is 5.86. The molecule has 7 heteroatoms. The normalized spacial score (nSPS) is 11.0. The molecule has 134 valence electrons. The van der Waals surface area contributed by atoms with Crippen LogP contribution in [-0.4, -0.2) is 38.2 Å². The van der Waals surface area contributed by atoms with Gasteiger partial charge in [0.1, 0.15) is 12.1 Å². The van der Waals surface area contributed by atoms with E-state index in [1.54, 1.807) is 10.9 Å². The van der Waals surface area contributed by atoms with Crippen molar-refractivity contribution in [2.75, 3.05) is 18.9 Å². The van der Waals surface area contributed by atoms with E-state index >= 15 is 0 Å². The van der Waals surface area contributed by atoms with Crippen molar-refractivity contribution in [1.82, 2.24) is 24.6 Å². The van der Waals surface area contributed by atoms with Gasteiger partial charge in [0.25, 0.3) is 0 Å². The van der Waals surface area contributed by atoms with Crippen LogP contribution in [0.15, 0.2) is 36.8 Å². The Hall–Kier alpha value is -2.98. The van der Waals surface area contributed by atoms with Gasteiger partial charge in [0.2, 0.25) is 0 Å². The number of nitrogens with one attached hydrogen (secondary N) is 1. The number of aromatic nitrogens is 4. The molecule has 2 heterocycles. The van der Waals surface area contributed by atoms with Crippen molar-refractivity contribution in [3.63, 3.8) is 0 Å². The quantitative estimate of drug-likeness (QED) is 0.673. The monoisotopic (exact) mass is 349 g/mol. The average molecular weight is 349 g/mol. The number of rotatable bonds is 8. The first kappa shape index (κ1) is 17.8. The molecule has 0 spiro atoms. The molecule has 0 aliphatic carbocycles. The molecular weight excluding hydrogens is 326 g/mol. The van der Waals surface area contributed by atoms with Crippen LogP contribution in [0.1, 0.15) is 24.5 Å². The van der Waals surface area contributed by atoms with Crippen LogP contribution < -0.4 is 5.32 Å². The Labute approximate surface area is 153 Å². The zero-order chi connectivity index (χ0) is 18.4. The maximum absolute atomic E-state index is 8.76. The van der Waals surface area contributed by atoms with Crippen LogP contribution in [0.4, 0.5) is 5.82 Å². The molecule has 0 radical (unpaired) electrons. The Bertz CT molecular complexity index is 910. The van der Waals surface area contributed by atoms with Crippen LogP contribution in [0.5, 0.6) is 0 Å². The van der Waals surface area contributed by atoms with Crippen LogP contribution in [0.3, 0.4) is 0 Å². The van der Waals surface area contributed by atoms with Gasteiger partial charge in [-0.3, -0.25) is 0 Å². The van der Waals surface area contributed by atoms with Crippen LogP contribution >= 0.6 is 0 Å². The molecule has 0 saturated heterocycles. The molecule has 0 amide bonds. The Kier molecular flexibility index (Phi) is 5.77. The largest absolute Gasteiger partial charge is 0.365 e. The minimum Gasteiger partial charge on any atom is -0.365 e. The molecule has 0 bridgehead atoms. The summed E-state index contributed by atoms with van der Waals surface area (Å²) < 4.78 is 1.74. The number of benzene rings is 1. The van der Waals surface area contributed by atoms with E-state index in [1.807, 2.05) is 0 Å². The molecule has 26 heavy (non-hydrogen) atoms. The second-order valence-electron chi connectivity index (χ2n) is 6.24. The summed E-state index contributed by atoms with van der Waals surface area (Å²) in [5.74, 6) is 0.759. The van der Waals surface area contributed by atoms with E-state index in [0.29, 0.717) is 19.5 Å². The van der Waals surface area contributed by atoms with Gasteiger partial charge in [-0.2, -0.15) is 10.4 Å². The minimum atomic E-state index is 0.405. The first-order valence-corrected chi connectivity index (χ1v) is 8.75. The summed E-state index contributed by atoms with van der Waals surface area (Å²) in [6, 6.07) is 10.7. The number of hydrogen-bond acceptors (Lipinski definition) is 6. The van der Waals surface area contributed by atoms with Crippen molar-refractivity contribution in [2.45, 2.75) is 33.0 Å². The van der Waals surface area contributed by atoms with Crippen molar-refractivity contribution in [3.05, 3.63) is 47.9 Å². The second-order valence-corrected chi connectivity index (χ2v) is 6.24. The molecule has 0 aliphatic heterocycles. The van der Waals surface area contributed by atoms with Gasteiger partial charge in [0.15, 0.2) is 5.65 Å². The fraction of sp³-hybridized carbons (Fsp3) is 0.368. The van der Waals surface area contributed by atoms with Crippen molar-refractivity contribution in [1.29, 1.82) is 5.26 Å². The molecule has 3 aromatic rings. The van der Waals surface area contributed by atoms with Crippen LogP contribution in [0.2, 0.25) is 0 Å². The lowest BCUT2D eigenvalue weighted by Crippen LogP contribution is -2.16. The van der Waals surface area contributed by atoms with E-state index in [9.17, 15) is 0 Å². The topological polar surface area (TPSA) is 82.7 Å². The molecular formula is C19H23N7. The SMILES string of the molecule is CCN(C)Cc1cccc(CNc2ncnc3c2cnn3CCC#N)c1. The molecule has 2 aromatic heterocycles. The Balaban J connectivity index is 1.73. The molecule has 1 aromatic carbocycles. The van der Waals surface area contributed by atoms with E-state index < -0.39 is 0 Å². The van der Waals surface area contributed by atoms with Gasteiger partial charge < -0.3 is 10.2 Å². The van der Waals surface area contributed by atoms with E-state index in [1.165, 1.54) is 17.5 Å². The summed E-state index contributed by atoms with van der Waals surface area (Å²) in [7, 11) is 2.12. The second kappa shape index (κ2) is 8.41. The molecule has 3 rings (SSSR count). The smallest absolute Gasteiger partial charge is 0.163 e. The number of nitriles is 1. The summed E-state index contributed by atoms with van der Waals surface area (Å²) in [6.07, 6.45) is 3.69. The summed E-state index contributed by atoms with van der Waals surface area (Å²) in [4.78, 5) is 10.9. The Morgan fingerprint density at radius 2 is 2.12 bits per heavy atom. The molecule has 0 fully saturated rings. The Morgan fingerprint density at radius 1 is 1.27 bits per heavy atom. The third-order valence-corrected chi connectivity index (χ3v) is 4.31. The summed E-state index contributed by atoms with van der Waals surface area (Å²) >= 11 is 0. The third-order valence-electron chi connectivity index (χ3n) is 4.31. The standard InChI is InChI=1S/C19H23N7/c1-3-25(2)13-16-7-4-6-15(10-16)11-21-18-17-12-24-26(9-5-8-20)19(17)23-14-22-18/h4,6-7,10,12,14H,3,5,9,11,13H2,1-2H3,(H,21,22,23). The van der Waals surface area contributed by atoms with Crippen molar-refractivity contribution in [3.8, 4) is 6.07 Å². The molecule has 0 atom stereocenters. The van der Waals surface area contributed by atoms with Crippen LogP contribution in [0.25, 0.3) is 11.0 Å². The van der Waals surface area contributed by atoms with Gasteiger partial charge in [-0.15, -0.1) is 0 Å². The molecule has 0 aliphatic rings. The van der Waals surface area contributed by atoms with Crippen LogP contribution in [-0.2, 0) is 19.6 Å². The molecule has 1 N–H and O–H groups in total. The maximum Gasteiger partial charge on any atom is 0.163 e. The highest BCUT2D eigenvalue weighted by Crippen LogP contribution is 2.19. The summed E-state index contributed by atoms with van der Waals surface area (Å²) in [6.45, 7) is 5.33. The fourth-order valence-corrected chi connectivity index (χ4v) is 2.80. The average Bonchev–Trinajstić information content (AvgIpc) is 3.08. The van der Waals surface area contributed by atoms with Crippen molar-refractivity contribution >= 4 is 16.9 Å². The van der Waals surface area contributed by atoms with E-state index in [4.69, 9.17) is 5.26 Å². The van der Waals surface area contributed by atoms with Crippen molar-refractivity contribution in [2.24, 2.45) is 0 Å². The van der Waals surface area contributed by atoms with Gasteiger partial charge in [-0.25, -0.2) is 14.6 Å². The summed E-state index contributed by atoms with van der Waals surface area (Å²) in [5.41, 5.74) is 3.25. The van der Waals surface area contributed by atoms with Gasteiger partial charge >= 0.3 is 0 Å². The third kappa shape index (κ3) is 4.16. The zero-order valence-electron chi connectivity index (χ0n) is 15.2. The zero-order valence-corrected chi connectivity index (χ0v) is 15.2. The minimum absolute atomic E-state index is 0.405. The predicted octanol–water partition coefficient (Wildman–Crippen LogP) is 2.80. The van der Waals surface area contributed by atoms with Gasteiger partial charge in [-0.1, -0.05) is 31.2 Å². The highest BCUT2D eigenvalue weighted by atomic mass is 15.3. The summed E-state index contributed by atoms with van der Waals surface area (Å²) in [5, 5.41) is 17.3. The lowest BCUT2D eigenvalue weighted by Gasteiger charge is -2.14. The van der Waals surface area contributed by atoms with Crippen molar-refractivity contribution < 1.29 is 0 Å². The number of hydrogen-bond donors (Lipinski definition) is 1. The molecule has 0 saturated carbocycles. The number of aryl methyl sites for hydroxylation is 1.